The van der Waals surface area contributed by atoms with Crippen molar-refractivity contribution in [1.82, 2.24) is 0 Å². The van der Waals surface area contributed by atoms with Crippen molar-refractivity contribution in [1.29, 1.82) is 0 Å². The van der Waals surface area contributed by atoms with Crippen molar-refractivity contribution in [2.75, 3.05) is 0 Å². The van der Waals surface area contributed by atoms with Gasteiger partial charge in [-0.25, -0.2) is 0 Å². The maximum absolute atomic E-state index is 5.84. The van der Waals surface area contributed by atoms with E-state index in [0.717, 1.165) is 12.2 Å². The van der Waals surface area contributed by atoms with Crippen LogP contribution in [0.1, 0.15) is 17.4 Å². The summed E-state index contributed by atoms with van der Waals surface area (Å²) in [6.07, 6.45) is 0.848. The minimum absolute atomic E-state index is 0.154. The van der Waals surface area contributed by atoms with E-state index in [1.165, 1.54) is 10.4 Å². The molecule has 0 aliphatic rings. The Balaban J connectivity index is 2.04. The van der Waals surface area contributed by atoms with Crippen LogP contribution in [0.25, 0.3) is 0 Å². The number of rotatable bonds is 5. The van der Waals surface area contributed by atoms with E-state index in [1.807, 2.05) is 31.2 Å². The highest BCUT2D eigenvalue weighted by Crippen LogP contribution is 2.21. The third-order valence-electron chi connectivity index (χ3n) is 2.46. The minimum atomic E-state index is 0.154. The first-order valence-corrected chi connectivity index (χ1v) is 6.62. The molecule has 0 radical (unpaired) electrons. The van der Waals surface area contributed by atoms with Crippen LogP contribution in [0.3, 0.4) is 0 Å². The van der Waals surface area contributed by atoms with Crippen molar-refractivity contribution >= 4 is 11.3 Å². The topological polar surface area (TPSA) is 35.2 Å². The molecule has 1 heterocycles. The Bertz CT molecular complexity index is 451. The standard InChI is InChI=1S/C14H17NOS/c1-11(15)9-12-5-2-3-7-14(12)16-10-13-6-4-8-17-13/h2-8,11H,9-10,15H2,1H3. The quantitative estimate of drug-likeness (QED) is 0.880. The fraction of sp³-hybridized carbons (Fsp3) is 0.286. The maximum atomic E-state index is 5.84. The molecule has 0 aliphatic carbocycles. The van der Waals surface area contributed by atoms with Gasteiger partial charge in [-0.15, -0.1) is 11.3 Å². The Morgan fingerprint density at radius 3 is 2.76 bits per heavy atom. The summed E-state index contributed by atoms with van der Waals surface area (Å²) in [5, 5.41) is 2.06. The summed E-state index contributed by atoms with van der Waals surface area (Å²) in [5.74, 6) is 0.943. The van der Waals surface area contributed by atoms with Gasteiger partial charge < -0.3 is 10.5 Å². The molecule has 0 spiro atoms. The van der Waals surface area contributed by atoms with Gasteiger partial charge in [-0.3, -0.25) is 0 Å². The van der Waals surface area contributed by atoms with Crippen molar-refractivity contribution in [3.8, 4) is 5.75 Å². The van der Waals surface area contributed by atoms with Crippen molar-refractivity contribution in [2.24, 2.45) is 5.73 Å². The van der Waals surface area contributed by atoms with Crippen LogP contribution in [-0.2, 0) is 13.0 Å². The number of thiophene rings is 1. The van der Waals surface area contributed by atoms with Gasteiger partial charge in [0.2, 0.25) is 0 Å². The van der Waals surface area contributed by atoms with Crippen LogP contribution in [0.5, 0.6) is 5.75 Å². The van der Waals surface area contributed by atoms with Crippen LogP contribution in [0.15, 0.2) is 41.8 Å². The molecular weight excluding hydrogens is 230 g/mol. The van der Waals surface area contributed by atoms with E-state index >= 15 is 0 Å². The summed E-state index contributed by atoms with van der Waals surface area (Å²) in [5.41, 5.74) is 7.01. The van der Waals surface area contributed by atoms with Crippen LogP contribution < -0.4 is 10.5 Å². The predicted octanol–water partition coefficient (Wildman–Crippen LogP) is 3.22. The molecule has 3 heteroatoms. The van der Waals surface area contributed by atoms with Gasteiger partial charge in [0.05, 0.1) is 0 Å². The number of hydrogen-bond acceptors (Lipinski definition) is 3. The van der Waals surface area contributed by atoms with E-state index in [1.54, 1.807) is 11.3 Å². The van der Waals surface area contributed by atoms with Gasteiger partial charge in [0, 0.05) is 10.9 Å². The monoisotopic (exact) mass is 247 g/mol. The summed E-state index contributed by atoms with van der Waals surface area (Å²) in [6, 6.07) is 12.4. The Morgan fingerprint density at radius 2 is 2.06 bits per heavy atom. The van der Waals surface area contributed by atoms with Crippen molar-refractivity contribution in [3.63, 3.8) is 0 Å². The largest absolute Gasteiger partial charge is 0.488 e. The molecule has 0 saturated carbocycles. The third-order valence-corrected chi connectivity index (χ3v) is 3.31. The molecule has 1 atom stereocenters. The van der Waals surface area contributed by atoms with Gasteiger partial charge in [-0.1, -0.05) is 24.3 Å². The zero-order valence-electron chi connectivity index (χ0n) is 9.93. The first-order valence-electron chi connectivity index (χ1n) is 5.74. The minimum Gasteiger partial charge on any atom is -0.488 e. The molecule has 0 saturated heterocycles. The van der Waals surface area contributed by atoms with E-state index in [-0.39, 0.29) is 6.04 Å². The molecule has 2 aromatic rings. The van der Waals surface area contributed by atoms with E-state index in [0.29, 0.717) is 6.61 Å². The highest BCUT2D eigenvalue weighted by atomic mass is 32.1. The molecule has 1 aromatic heterocycles. The summed E-state index contributed by atoms with van der Waals surface area (Å²) >= 11 is 1.71. The first-order chi connectivity index (χ1) is 8.25. The lowest BCUT2D eigenvalue weighted by Gasteiger charge is -2.12. The Labute approximate surface area is 106 Å². The Hall–Kier alpha value is -1.32. The lowest BCUT2D eigenvalue weighted by atomic mass is 10.1. The highest BCUT2D eigenvalue weighted by Gasteiger charge is 2.05. The predicted molar refractivity (Wildman–Crippen MR) is 72.4 cm³/mol. The molecule has 0 fully saturated rings. The molecule has 1 unspecified atom stereocenters. The number of nitrogens with two attached hydrogens (primary N) is 1. The fourth-order valence-corrected chi connectivity index (χ4v) is 2.32. The Morgan fingerprint density at radius 1 is 1.24 bits per heavy atom. The molecule has 2 N–H and O–H groups in total. The molecule has 90 valence electrons. The second-order valence-electron chi connectivity index (χ2n) is 4.16. The van der Waals surface area contributed by atoms with Crippen LogP contribution in [0.4, 0.5) is 0 Å². The highest BCUT2D eigenvalue weighted by molar-refractivity contribution is 7.09. The number of benzene rings is 1. The van der Waals surface area contributed by atoms with Crippen LogP contribution in [-0.4, -0.2) is 6.04 Å². The van der Waals surface area contributed by atoms with Crippen molar-refractivity contribution in [3.05, 3.63) is 52.2 Å². The molecule has 2 rings (SSSR count). The average Bonchev–Trinajstić information content (AvgIpc) is 2.80. The van der Waals surface area contributed by atoms with Gasteiger partial charge >= 0.3 is 0 Å². The summed E-state index contributed by atoms with van der Waals surface area (Å²) < 4.78 is 5.84. The molecule has 0 amide bonds. The molecular formula is C14H17NOS. The fourth-order valence-electron chi connectivity index (χ4n) is 1.70. The number of hydrogen-bond donors (Lipinski definition) is 1. The van der Waals surface area contributed by atoms with E-state index in [2.05, 4.69) is 17.5 Å². The summed E-state index contributed by atoms with van der Waals surface area (Å²) in [4.78, 5) is 1.24. The van der Waals surface area contributed by atoms with Crippen molar-refractivity contribution in [2.45, 2.75) is 26.0 Å². The van der Waals surface area contributed by atoms with Gasteiger partial charge in [0.1, 0.15) is 12.4 Å². The third kappa shape index (κ3) is 3.58. The van der Waals surface area contributed by atoms with Gasteiger partial charge in [0.15, 0.2) is 0 Å². The smallest absolute Gasteiger partial charge is 0.123 e. The van der Waals surface area contributed by atoms with E-state index in [9.17, 15) is 0 Å². The van der Waals surface area contributed by atoms with Crippen molar-refractivity contribution < 1.29 is 4.74 Å². The summed E-state index contributed by atoms with van der Waals surface area (Å²) in [7, 11) is 0. The Kier molecular flexibility index (Phi) is 4.18. The maximum Gasteiger partial charge on any atom is 0.123 e. The van der Waals surface area contributed by atoms with Crippen LogP contribution in [0, 0.1) is 0 Å². The lowest BCUT2D eigenvalue weighted by molar-refractivity contribution is 0.306. The average molecular weight is 247 g/mol. The lowest BCUT2D eigenvalue weighted by Crippen LogP contribution is -2.18. The van der Waals surface area contributed by atoms with Gasteiger partial charge in [0.25, 0.3) is 0 Å². The van der Waals surface area contributed by atoms with Gasteiger partial charge in [-0.2, -0.15) is 0 Å². The molecule has 2 nitrogen and oxygen atoms in total. The number of ether oxygens (including phenoxy) is 1. The summed E-state index contributed by atoms with van der Waals surface area (Å²) in [6.45, 7) is 2.64. The second kappa shape index (κ2) is 5.84. The van der Waals surface area contributed by atoms with Crippen LogP contribution >= 0.6 is 11.3 Å². The molecule has 1 aromatic carbocycles. The SMILES string of the molecule is CC(N)Cc1ccccc1OCc1cccs1. The molecule has 0 aliphatic heterocycles. The first kappa shape index (κ1) is 12.1. The van der Waals surface area contributed by atoms with Crippen LogP contribution in [0.2, 0.25) is 0 Å². The van der Waals surface area contributed by atoms with E-state index < -0.39 is 0 Å². The number of para-hydroxylation sites is 1. The zero-order chi connectivity index (χ0) is 12.1. The second-order valence-corrected chi connectivity index (χ2v) is 5.19. The molecule has 17 heavy (non-hydrogen) atoms. The molecule has 0 bridgehead atoms. The zero-order valence-corrected chi connectivity index (χ0v) is 10.7. The van der Waals surface area contributed by atoms with E-state index in [4.69, 9.17) is 10.5 Å². The van der Waals surface area contributed by atoms with Gasteiger partial charge in [-0.05, 0) is 36.4 Å². The normalized spacial score (nSPS) is 12.4.